The minimum absolute atomic E-state index is 0.445. The summed E-state index contributed by atoms with van der Waals surface area (Å²) in [5.41, 5.74) is 0. The van der Waals surface area contributed by atoms with Gasteiger partial charge in [0.15, 0.2) is 5.82 Å². The van der Waals surface area contributed by atoms with Crippen molar-refractivity contribution in [3.8, 4) is 0 Å². The normalized spacial score (nSPS) is 21.6. The number of hydrogen-bond donors (Lipinski definition) is 1. The summed E-state index contributed by atoms with van der Waals surface area (Å²) >= 11 is 1.67. The number of aryl methyl sites for hydroxylation is 1. The molecule has 1 fully saturated rings. The van der Waals surface area contributed by atoms with Crippen LogP contribution >= 0.6 is 11.8 Å². The largest absolute Gasteiger partial charge is 0.480 e. The highest BCUT2D eigenvalue weighted by molar-refractivity contribution is 7.99. The van der Waals surface area contributed by atoms with Crippen molar-refractivity contribution in [2.45, 2.75) is 25.9 Å². The van der Waals surface area contributed by atoms with E-state index in [1.807, 2.05) is 11.8 Å². The maximum atomic E-state index is 11.1. The maximum absolute atomic E-state index is 11.1. The van der Waals surface area contributed by atoms with E-state index in [9.17, 15) is 4.79 Å². The van der Waals surface area contributed by atoms with Gasteiger partial charge in [-0.25, -0.2) is 0 Å². The number of aliphatic carboxylic acids is 1. The number of rotatable bonds is 4. The zero-order valence-corrected chi connectivity index (χ0v) is 10.4. The van der Waals surface area contributed by atoms with E-state index in [1.54, 1.807) is 11.8 Å². The van der Waals surface area contributed by atoms with E-state index in [0.29, 0.717) is 30.4 Å². The summed E-state index contributed by atoms with van der Waals surface area (Å²) in [6.07, 6.45) is 0.700. The van der Waals surface area contributed by atoms with E-state index < -0.39 is 12.0 Å². The van der Waals surface area contributed by atoms with Crippen LogP contribution in [0.1, 0.15) is 18.6 Å². The van der Waals surface area contributed by atoms with Gasteiger partial charge in [0.25, 0.3) is 0 Å². The summed E-state index contributed by atoms with van der Waals surface area (Å²) < 4.78 is 5.01. The minimum atomic E-state index is -0.781. The molecule has 0 amide bonds. The molecule has 1 aliphatic rings. The average molecular weight is 257 g/mol. The predicted molar refractivity (Wildman–Crippen MR) is 62.8 cm³/mol. The van der Waals surface area contributed by atoms with Gasteiger partial charge >= 0.3 is 5.97 Å². The fourth-order valence-electron chi connectivity index (χ4n) is 1.73. The first kappa shape index (κ1) is 12.4. The molecule has 1 N–H and O–H groups in total. The molecule has 1 saturated heterocycles. The minimum Gasteiger partial charge on any atom is -0.480 e. The predicted octanol–water partition coefficient (Wildman–Crippen LogP) is 0.634. The Bertz CT molecular complexity index is 396. The standard InChI is InChI=1S/C10H15N3O3S/c1-2-9-11-8(12-16-9)5-13-3-4-17-6-7(13)10(14)15/h7H,2-6H2,1H3,(H,14,15). The topological polar surface area (TPSA) is 79.5 Å². The second-order valence-electron chi connectivity index (χ2n) is 3.86. The Morgan fingerprint density at radius 2 is 2.53 bits per heavy atom. The third-order valence-corrected chi connectivity index (χ3v) is 3.70. The van der Waals surface area contributed by atoms with Gasteiger partial charge in [0.1, 0.15) is 6.04 Å². The Morgan fingerprint density at radius 3 is 3.18 bits per heavy atom. The van der Waals surface area contributed by atoms with Gasteiger partial charge in [-0.1, -0.05) is 12.1 Å². The summed E-state index contributed by atoms with van der Waals surface area (Å²) in [5.74, 6) is 1.95. The van der Waals surface area contributed by atoms with Crippen LogP contribution in [0.5, 0.6) is 0 Å². The van der Waals surface area contributed by atoms with Crippen molar-refractivity contribution in [2.75, 3.05) is 18.1 Å². The summed E-state index contributed by atoms with van der Waals surface area (Å²) in [4.78, 5) is 17.2. The van der Waals surface area contributed by atoms with E-state index >= 15 is 0 Å². The first-order valence-corrected chi connectivity index (χ1v) is 6.72. The number of aromatic nitrogens is 2. The maximum Gasteiger partial charge on any atom is 0.321 e. The van der Waals surface area contributed by atoms with Gasteiger partial charge in [0.05, 0.1) is 6.54 Å². The zero-order valence-electron chi connectivity index (χ0n) is 9.63. The van der Waals surface area contributed by atoms with Gasteiger partial charge in [0.2, 0.25) is 5.89 Å². The van der Waals surface area contributed by atoms with Crippen LogP contribution in [0.3, 0.4) is 0 Å². The fourth-order valence-corrected chi connectivity index (χ4v) is 2.84. The monoisotopic (exact) mass is 257 g/mol. The van der Waals surface area contributed by atoms with E-state index in [0.717, 1.165) is 12.3 Å². The van der Waals surface area contributed by atoms with Gasteiger partial charge in [-0.15, -0.1) is 0 Å². The van der Waals surface area contributed by atoms with Gasteiger partial charge in [0, 0.05) is 24.5 Å². The van der Waals surface area contributed by atoms with Crippen molar-refractivity contribution in [2.24, 2.45) is 0 Å². The van der Waals surface area contributed by atoms with Crippen LogP contribution in [-0.2, 0) is 17.8 Å². The lowest BCUT2D eigenvalue weighted by molar-refractivity contribution is -0.142. The summed E-state index contributed by atoms with van der Waals surface area (Å²) in [5, 5.41) is 13.0. The molecule has 0 aliphatic carbocycles. The molecule has 1 unspecified atom stereocenters. The molecule has 17 heavy (non-hydrogen) atoms. The first-order chi connectivity index (χ1) is 8.20. The van der Waals surface area contributed by atoms with Crippen molar-refractivity contribution in [3.05, 3.63) is 11.7 Å². The van der Waals surface area contributed by atoms with Crippen LogP contribution in [0.2, 0.25) is 0 Å². The molecule has 1 atom stereocenters. The Labute approximate surface area is 103 Å². The van der Waals surface area contributed by atoms with Crippen LogP contribution in [-0.4, -0.2) is 50.2 Å². The van der Waals surface area contributed by atoms with E-state index in [1.165, 1.54) is 0 Å². The van der Waals surface area contributed by atoms with Crippen molar-refractivity contribution in [3.63, 3.8) is 0 Å². The van der Waals surface area contributed by atoms with Crippen LogP contribution in [0.4, 0.5) is 0 Å². The highest BCUT2D eigenvalue weighted by atomic mass is 32.2. The Hall–Kier alpha value is -1.08. The van der Waals surface area contributed by atoms with Crippen molar-refractivity contribution in [1.82, 2.24) is 15.0 Å². The van der Waals surface area contributed by atoms with Crippen LogP contribution in [0.25, 0.3) is 0 Å². The SMILES string of the molecule is CCc1nc(CN2CCSCC2C(=O)O)no1. The first-order valence-electron chi connectivity index (χ1n) is 5.56. The number of thioether (sulfide) groups is 1. The number of carboxylic acid groups (broad SMARTS) is 1. The van der Waals surface area contributed by atoms with Gasteiger partial charge in [-0.05, 0) is 0 Å². The Balaban J connectivity index is 2.02. The highest BCUT2D eigenvalue weighted by Crippen LogP contribution is 2.18. The molecule has 2 rings (SSSR count). The van der Waals surface area contributed by atoms with E-state index in [2.05, 4.69) is 10.1 Å². The van der Waals surface area contributed by atoms with Crippen molar-refractivity contribution in [1.29, 1.82) is 0 Å². The number of carboxylic acids is 1. The Kier molecular flexibility index (Phi) is 4.01. The highest BCUT2D eigenvalue weighted by Gasteiger charge is 2.29. The van der Waals surface area contributed by atoms with E-state index in [4.69, 9.17) is 9.63 Å². The third kappa shape index (κ3) is 2.98. The Morgan fingerprint density at radius 1 is 1.71 bits per heavy atom. The number of carbonyl (C=O) groups is 1. The number of nitrogens with zero attached hydrogens (tertiary/aromatic N) is 3. The molecule has 2 heterocycles. The number of hydrogen-bond acceptors (Lipinski definition) is 6. The summed E-state index contributed by atoms with van der Waals surface area (Å²) in [7, 11) is 0. The lowest BCUT2D eigenvalue weighted by atomic mass is 10.2. The molecular formula is C10H15N3O3S. The van der Waals surface area contributed by atoms with Crippen molar-refractivity contribution < 1.29 is 14.4 Å². The summed E-state index contributed by atoms with van der Waals surface area (Å²) in [6.45, 7) is 3.13. The van der Waals surface area contributed by atoms with Crippen LogP contribution < -0.4 is 0 Å². The quantitative estimate of drug-likeness (QED) is 0.847. The molecule has 0 saturated carbocycles. The van der Waals surface area contributed by atoms with Crippen LogP contribution in [0.15, 0.2) is 4.52 Å². The fraction of sp³-hybridized carbons (Fsp3) is 0.700. The molecule has 6 nitrogen and oxygen atoms in total. The molecule has 0 aromatic carbocycles. The molecule has 0 bridgehead atoms. The second kappa shape index (κ2) is 5.50. The van der Waals surface area contributed by atoms with Crippen molar-refractivity contribution >= 4 is 17.7 Å². The molecule has 7 heteroatoms. The summed E-state index contributed by atoms with van der Waals surface area (Å²) in [6, 6.07) is -0.447. The lowest BCUT2D eigenvalue weighted by Gasteiger charge is -2.31. The third-order valence-electron chi connectivity index (χ3n) is 2.68. The molecule has 1 aromatic rings. The second-order valence-corrected chi connectivity index (χ2v) is 5.01. The zero-order chi connectivity index (χ0) is 12.3. The van der Waals surface area contributed by atoms with Crippen LogP contribution in [0, 0.1) is 0 Å². The smallest absolute Gasteiger partial charge is 0.321 e. The molecule has 1 aliphatic heterocycles. The van der Waals surface area contributed by atoms with E-state index in [-0.39, 0.29) is 0 Å². The van der Waals surface area contributed by atoms with Gasteiger partial charge in [-0.2, -0.15) is 16.7 Å². The average Bonchev–Trinajstić information content (AvgIpc) is 2.77. The lowest BCUT2D eigenvalue weighted by Crippen LogP contribution is -2.46. The van der Waals surface area contributed by atoms with Gasteiger partial charge < -0.3 is 9.63 Å². The molecule has 94 valence electrons. The molecule has 0 radical (unpaired) electrons. The molecule has 0 spiro atoms. The molecule has 1 aromatic heterocycles. The molecular weight excluding hydrogens is 242 g/mol. The van der Waals surface area contributed by atoms with Gasteiger partial charge in [-0.3, -0.25) is 9.69 Å².